The van der Waals surface area contributed by atoms with Gasteiger partial charge in [-0.25, -0.2) is 13.8 Å². The fourth-order valence-corrected chi connectivity index (χ4v) is 1.54. The van der Waals surface area contributed by atoms with Gasteiger partial charge in [-0.1, -0.05) is 0 Å². The molecular formula is C10H10BrF2NO2. The van der Waals surface area contributed by atoms with Crippen LogP contribution >= 0.6 is 15.9 Å². The van der Waals surface area contributed by atoms with E-state index in [2.05, 4.69) is 25.7 Å². The first-order valence-corrected chi connectivity index (χ1v) is 5.42. The van der Waals surface area contributed by atoms with Gasteiger partial charge in [0.15, 0.2) is 0 Å². The van der Waals surface area contributed by atoms with Gasteiger partial charge in [-0.15, -0.1) is 0 Å². The molecule has 3 nitrogen and oxygen atoms in total. The van der Waals surface area contributed by atoms with E-state index in [1.165, 1.54) is 12.3 Å². The Hall–Kier alpha value is -1.04. The molecule has 1 heterocycles. The number of ether oxygens (including phenoxy) is 1. The molecule has 1 aromatic heterocycles. The average Bonchev–Trinajstić information content (AvgIpc) is 2.20. The zero-order valence-electron chi connectivity index (χ0n) is 8.54. The summed E-state index contributed by atoms with van der Waals surface area (Å²) in [6, 6.07) is 1.21. The number of hydrogen-bond acceptors (Lipinski definition) is 3. The molecule has 0 aliphatic rings. The molecule has 0 saturated heterocycles. The van der Waals surface area contributed by atoms with Crippen LogP contribution in [-0.2, 0) is 16.0 Å². The van der Waals surface area contributed by atoms with Gasteiger partial charge < -0.3 is 4.74 Å². The van der Waals surface area contributed by atoms with Crippen molar-refractivity contribution < 1.29 is 18.3 Å². The van der Waals surface area contributed by atoms with Crippen molar-refractivity contribution in [2.24, 2.45) is 0 Å². The minimum Gasteiger partial charge on any atom is -0.466 e. The summed E-state index contributed by atoms with van der Waals surface area (Å²) >= 11 is 3.00. The van der Waals surface area contributed by atoms with Crippen LogP contribution in [0.25, 0.3) is 0 Å². The third kappa shape index (κ3) is 3.52. The predicted octanol–water partition coefficient (Wildman–Crippen LogP) is 2.89. The maximum Gasteiger partial charge on any atom is 0.310 e. The molecule has 0 unspecified atom stereocenters. The molecule has 0 spiro atoms. The Bertz CT molecular complexity index is 385. The first-order chi connectivity index (χ1) is 7.54. The number of halogens is 3. The van der Waals surface area contributed by atoms with Crippen molar-refractivity contribution >= 4 is 21.9 Å². The smallest absolute Gasteiger partial charge is 0.310 e. The summed E-state index contributed by atoms with van der Waals surface area (Å²) in [7, 11) is 0. The van der Waals surface area contributed by atoms with Gasteiger partial charge in [0, 0.05) is 11.8 Å². The van der Waals surface area contributed by atoms with Crippen LogP contribution in [-0.4, -0.2) is 17.6 Å². The van der Waals surface area contributed by atoms with E-state index in [0.717, 1.165) is 0 Å². The molecule has 0 fully saturated rings. The van der Waals surface area contributed by atoms with Crippen molar-refractivity contribution in [1.82, 2.24) is 4.98 Å². The summed E-state index contributed by atoms with van der Waals surface area (Å²) in [5, 5.41) is 0. The van der Waals surface area contributed by atoms with Crippen molar-refractivity contribution in [1.29, 1.82) is 0 Å². The van der Waals surface area contributed by atoms with Crippen LogP contribution in [0, 0.1) is 0 Å². The van der Waals surface area contributed by atoms with Crippen molar-refractivity contribution in [3.8, 4) is 0 Å². The molecule has 0 amide bonds. The average molecular weight is 294 g/mol. The second-order valence-corrected chi connectivity index (χ2v) is 3.80. The lowest BCUT2D eigenvalue weighted by Crippen LogP contribution is -2.10. The van der Waals surface area contributed by atoms with Crippen LogP contribution in [0.1, 0.15) is 24.5 Å². The Balaban J connectivity index is 2.90. The first-order valence-electron chi connectivity index (χ1n) is 4.62. The molecule has 6 heteroatoms. The van der Waals surface area contributed by atoms with Crippen LogP contribution < -0.4 is 0 Å². The molecule has 0 N–H and O–H groups in total. The Morgan fingerprint density at radius 1 is 1.62 bits per heavy atom. The summed E-state index contributed by atoms with van der Waals surface area (Å²) < 4.78 is 30.3. The quantitative estimate of drug-likeness (QED) is 0.633. The van der Waals surface area contributed by atoms with Crippen LogP contribution in [0.15, 0.2) is 16.9 Å². The number of pyridine rings is 1. The number of esters is 1. The molecule has 1 aromatic rings. The SMILES string of the molecule is CCOC(=O)Cc1cnc(Br)cc1C(F)F. The van der Waals surface area contributed by atoms with Crippen LogP contribution in [0.3, 0.4) is 0 Å². The van der Waals surface area contributed by atoms with Gasteiger partial charge in [0.1, 0.15) is 4.60 Å². The number of hydrogen-bond donors (Lipinski definition) is 0. The summed E-state index contributed by atoms with van der Waals surface area (Å²) in [5.74, 6) is -0.534. The fraction of sp³-hybridized carbons (Fsp3) is 0.400. The summed E-state index contributed by atoms with van der Waals surface area (Å²) in [5.41, 5.74) is -0.00780. The summed E-state index contributed by atoms with van der Waals surface area (Å²) in [6.07, 6.45) is -1.57. The van der Waals surface area contributed by atoms with Gasteiger partial charge in [-0.05, 0) is 34.5 Å². The number of aromatic nitrogens is 1. The Morgan fingerprint density at radius 2 is 2.31 bits per heavy atom. The fourth-order valence-electron chi connectivity index (χ4n) is 1.19. The Morgan fingerprint density at radius 3 is 2.88 bits per heavy atom. The van der Waals surface area contributed by atoms with E-state index in [0.29, 0.717) is 4.60 Å². The zero-order chi connectivity index (χ0) is 12.1. The monoisotopic (exact) mass is 293 g/mol. The van der Waals surface area contributed by atoms with E-state index in [9.17, 15) is 13.6 Å². The van der Waals surface area contributed by atoms with E-state index in [-0.39, 0.29) is 24.2 Å². The van der Waals surface area contributed by atoms with Gasteiger partial charge >= 0.3 is 5.97 Å². The lowest BCUT2D eigenvalue weighted by Gasteiger charge is -2.08. The van der Waals surface area contributed by atoms with E-state index < -0.39 is 12.4 Å². The standard InChI is InChI=1S/C10H10BrF2NO2/c1-2-16-9(15)3-6-5-14-8(11)4-7(6)10(12)13/h4-5,10H,2-3H2,1H3. The van der Waals surface area contributed by atoms with E-state index in [1.54, 1.807) is 6.92 Å². The normalized spacial score (nSPS) is 10.6. The highest BCUT2D eigenvalue weighted by atomic mass is 79.9. The number of carbonyl (C=O) groups excluding carboxylic acids is 1. The molecule has 0 aromatic carbocycles. The molecule has 1 rings (SSSR count). The second kappa shape index (κ2) is 5.89. The van der Waals surface area contributed by atoms with Gasteiger partial charge in [-0.3, -0.25) is 4.79 Å². The van der Waals surface area contributed by atoms with Gasteiger partial charge in [0.2, 0.25) is 0 Å². The van der Waals surface area contributed by atoms with Gasteiger partial charge in [0.25, 0.3) is 6.43 Å². The van der Waals surface area contributed by atoms with Crippen molar-refractivity contribution in [2.75, 3.05) is 6.61 Å². The molecule has 0 atom stereocenters. The van der Waals surface area contributed by atoms with E-state index in [1.807, 2.05) is 0 Å². The number of carbonyl (C=O) groups is 1. The van der Waals surface area contributed by atoms with E-state index in [4.69, 9.17) is 0 Å². The topological polar surface area (TPSA) is 39.2 Å². The van der Waals surface area contributed by atoms with Crippen molar-refractivity contribution in [2.45, 2.75) is 19.8 Å². The highest BCUT2D eigenvalue weighted by Crippen LogP contribution is 2.25. The van der Waals surface area contributed by atoms with Crippen LogP contribution in [0.4, 0.5) is 8.78 Å². The molecule has 0 aliphatic heterocycles. The lowest BCUT2D eigenvalue weighted by atomic mass is 10.1. The Kier molecular flexibility index (Phi) is 4.79. The summed E-state index contributed by atoms with van der Waals surface area (Å²) in [6.45, 7) is 1.89. The minimum atomic E-state index is -2.64. The third-order valence-electron chi connectivity index (χ3n) is 1.86. The Labute approximate surface area is 99.9 Å². The molecule has 16 heavy (non-hydrogen) atoms. The predicted molar refractivity (Wildman–Crippen MR) is 57.2 cm³/mol. The van der Waals surface area contributed by atoms with E-state index >= 15 is 0 Å². The maximum atomic E-state index is 12.6. The van der Waals surface area contributed by atoms with Gasteiger partial charge in [-0.2, -0.15) is 0 Å². The van der Waals surface area contributed by atoms with Crippen LogP contribution in [0.2, 0.25) is 0 Å². The largest absolute Gasteiger partial charge is 0.466 e. The van der Waals surface area contributed by atoms with Crippen molar-refractivity contribution in [3.63, 3.8) is 0 Å². The molecular weight excluding hydrogens is 284 g/mol. The second-order valence-electron chi connectivity index (χ2n) is 2.99. The minimum absolute atomic E-state index is 0.187. The van der Waals surface area contributed by atoms with Gasteiger partial charge in [0.05, 0.1) is 13.0 Å². The zero-order valence-corrected chi connectivity index (χ0v) is 10.1. The number of rotatable bonds is 4. The van der Waals surface area contributed by atoms with Crippen molar-refractivity contribution in [3.05, 3.63) is 28.0 Å². The highest BCUT2D eigenvalue weighted by Gasteiger charge is 2.16. The molecule has 0 saturated carbocycles. The number of nitrogens with zero attached hydrogens (tertiary/aromatic N) is 1. The third-order valence-corrected chi connectivity index (χ3v) is 2.30. The molecule has 0 bridgehead atoms. The van der Waals surface area contributed by atoms with Crippen LogP contribution in [0.5, 0.6) is 0 Å². The molecule has 88 valence electrons. The summed E-state index contributed by atoms with van der Waals surface area (Å²) in [4.78, 5) is 15.0. The maximum absolute atomic E-state index is 12.6. The highest BCUT2D eigenvalue weighted by molar-refractivity contribution is 9.10. The lowest BCUT2D eigenvalue weighted by molar-refractivity contribution is -0.142. The first kappa shape index (κ1) is 13.0. The number of alkyl halides is 2. The molecule has 0 radical (unpaired) electrons. The molecule has 0 aliphatic carbocycles.